The van der Waals surface area contributed by atoms with Crippen molar-refractivity contribution >= 4 is 24.1 Å². The normalized spacial score (nSPS) is 13.4. The second-order valence-corrected chi connectivity index (χ2v) is 11.2. The summed E-state index contributed by atoms with van der Waals surface area (Å²) in [6.07, 6.45) is 0.949. The average molecular weight is 552 g/mol. The summed E-state index contributed by atoms with van der Waals surface area (Å²) in [4.78, 5) is 50.6. The van der Waals surface area contributed by atoms with E-state index in [2.05, 4.69) is 5.32 Å². The molecule has 1 rings (SSSR count). The zero-order chi connectivity index (χ0) is 30.0. The monoisotopic (exact) mass is 551 g/mol. The first-order valence-corrected chi connectivity index (χ1v) is 13.5. The van der Waals surface area contributed by atoms with Crippen LogP contribution in [0.2, 0.25) is 0 Å². The number of carboxylic acid groups (broad SMARTS) is 1. The summed E-state index contributed by atoms with van der Waals surface area (Å²) in [6.45, 7) is 16.1. The zero-order valence-electron chi connectivity index (χ0n) is 24.8. The number of unbranched alkanes of at least 4 members (excludes halogenated alkanes) is 1. The molecule has 1 aromatic rings. The van der Waals surface area contributed by atoms with Gasteiger partial charge in [-0.05, 0) is 78.5 Å². The van der Waals surface area contributed by atoms with Crippen LogP contribution in [0.4, 0.5) is 4.79 Å². The second kappa shape index (κ2) is 14.3. The van der Waals surface area contributed by atoms with Crippen LogP contribution in [-0.4, -0.2) is 47.5 Å². The van der Waals surface area contributed by atoms with Crippen LogP contribution < -0.4 is 14.8 Å². The fourth-order valence-electron chi connectivity index (χ4n) is 3.11. The van der Waals surface area contributed by atoms with E-state index >= 15 is 0 Å². The van der Waals surface area contributed by atoms with Crippen molar-refractivity contribution in [1.82, 2.24) is 5.32 Å². The summed E-state index contributed by atoms with van der Waals surface area (Å²) >= 11 is 0. The fraction of sp³-hybridized carbons (Fsp3) is 0.655. The summed E-state index contributed by atoms with van der Waals surface area (Å²) < 4.78 is 21.7. The van der Waals surface area contributed by atoms with E-state index in [9.17, 15) is 24.3 Å². The van der Waals surface area contributed by atoms with E-state index in [1.807, 2.05) is 20.8 Å². The van der Waals surface area contributed by atoms with E-state index in [0.717, 1.165) is 6.42 Å². The molecule has 0 fully saturated rings. The third kappa shape index (κ3) is 9.84. The first kappa shape index (κ1) is 33.9. The standard InChI is InChI=1S/C29H45NO9/c1-10-13-16-36-26(35)39-29(23(31)32,30-19(4)5)18-20-14-15-21(37-24(33)27(6,7)11-2)22(17-20)38-25(34)28(8,9)12-3/h14-15,17,19,30H,10-13,16,18H2,1-9H3,(H,31,32)/t29-/m0/s1. The predicted octanol–water partition coefficient (Wildman–Crippen LogP) is 5.64. The predicted molar refractivity (Wildman–Crippen MR) is 146 cm³/mol. The third-order valence-electron chi connectivity index (χ3n) is 6.58. The van der Waals surface area contributed by atoms with Crippen LogP contribution >= 0.6 is 0 Å². The highest BCUT2D eigenvalue weighted by Gasteiger charge is 2.44. The van der Waals surface area contributed by atoms with Crippen LogP contribution in [0.25, 0.3) is 0 Å². The summed E-state index contributed by atoms with van der Waals surface area (Å²) in [5.74, 6) is -2.52. The Labute approximate surface area is 231 Å². The van der Waals surface area contributed by atoms with Crippen LogP contribution in [0.15, 0.2) is 18.2 Å². The molecule has 0 saturated carbocycles. The van der Waals surface area contributed by atoms with Crippen LogP contribution in [0, 0.1) is 10.8 Å². The van der Waals surface area contributed by atoms with E-state index in [1.165, 1.54) is 18.2 Å². The van der Waals surface area contributed by atoms with E-state index in [4.69, 9.17) is 18.9 Å². The molecule has 220 valence electrons. The topological polar surface area (TPSA) is 137 Å². The molecule has 1 atom stereocenters. The van der Waals surface area contributed by atoms with Gasteiger partial charge in [0, 0.05) is 12.5 Å². The van der Waals surface area contributed by atoms with Gasteiger partial charge in [0.2, 0.25) is 0 Å². The Morgan fingerprint density at radius 1 is 0.897 bits per heavy atom. The molecule has 2 N–H and O–H groups in total. The Morgan fingerprint density at radius 3 is 1.90 bits per heavy atom. The van der Waals surface area contributed by atoms with Crippen LogP contribution in [0.5, 0.6) is 11.5 Å². The summed E-state index contributed by atoms with van der Waals surface area (Å²) in [6, 6.07) is 3.98. The summed E-state index contributed by atoms with van der Waals surface area (Å²) in [5, 5.41) is 13.0. The van der Waals surface area contributed by atoms with Crippen molar-refractivity contribution in [1.29, 1.82) is 0 Å². The van der Waals surface area contributed by atoms with E-state index in [1.54, 1.807) is 41.5 Å². The number of rotatable bonds is 15. The molecule has 0 bridgehead atoms. The Balaban J connectivity index is 3.52. The Morgan fingerprint density at radius 2 is 1.44 bits per heavy atom. The zero-order valence-corrected chi connectivity index (χ0v) is 24.8. The molecule has 1 aromatic carbocycles. The van der Waals surface area contributed by atoms with Crippen molar-refractivity contribution in [3.05, 3.63) is 23.8 Å². The highest BCUT2D eigenvalue weighted by atomic mass is 16.7. The fourth-order valence-corrected chi connectivity index (χ4v) is 3.11. The molecule has 10 heteroatoms. The lowest BCUT2D eigenvalue weighted by molar-refractivity contribution is -0.166. The molecule has 0 aromatic heterocycles. The van der Waals surface area contributed by atoms with Gasteiger partial charge in [-0.3, -0.25) is 14.9 Å². The quantitative estimate of drug-likeness (QED) is 0.122. The van der Waals surface area contributed by atoms with E-state index in [0.29, 0.717) is 24.8 Å². The third-order valence-corrected chi connectivity index (χ3v) is 6.58. The Bertz CT molecular complexity index is 1020. The Kier molecular flexibility index (Phi) is 12.4. The lowest BCUT2D eigenvalue weighted by Crippen LogP contribution is -2.59. The molecule has 0 heterocycles. The van der Waals surface area contributed by atoms with Crippen molar-refractivity contribution in [2.24, 2.45) is 10.8 Å². The Hall–Kier alpha value is -3.14. The van der Waals surface area contributed by atoms with Crippen molar-refractivity contribution < 1.29 is 43.2 Å². The van der Waals surface area contributed by atoms with E-state index in [-0.39, 0.29) is 30.6 Å². The number of benzene rings is 1. The molecule has 10 nitrogen and oxygen atoms in total. The van der Waals surface area contributed by atoms with Crippen molar-refractivity contribution in [2.45, 2.75) is 106 Å². The van der Waals surface area contributed by atoms with Gasteiger partial charge >= 0.3 is 24.1 Å². The minimum atomic E-state index is -2.18. The molecule has 39 heavy (non-hydrogen) atoms. The molecular formula is C29H45NO9. The van der Waals surface area contributed by atoms with Crippen molar-refractivity contribution in [3.8, 4) is 11.5 Å². The van der Waals surface area contributed by atoms with Crippen LogP contribution in [0.3, 0.4) is 0 Å². The maximum atomic E-state index is 12.9. The molecule has 0 amide bonds. The number of hydrogen-bond donors (Lipinski definition) is 2. The van der Waals surface area contributed by atoms with Crippen LogP contribution in [0.1, 0.15) is 93.6 Å². The maximum absolute atomic E-state index is 12.9. The lowest BCUT2D eigenvalue weighted by atomic mass is 9.90. The van der Waals surface area contributed by atoms with Gasteiger partial charge in [0.15, 0.2) is 11.5 Å². The molecular weight excluding hydrogens is 506 g/mol. The number of aliphatic carboxylic acids is 1. The summed E-state index contributed by atoms with van der Waals surface area (Å²) in [5.41, 5.74) is -3.44. The molecule has 0 spiro atoms. The molecule has 0 aliphatic carbocycles. The number of carbonyl (C=O) groups excluding carboxylic acids is 3. The number of ether oxygens (including phenoxy) is 4. The molecule has 0 radical (unpaired) electrons. The smallest absolute Gasteiger partial charge is 0.477 e. The molecule has 0 saturated heterocycles. The van der Waals surface area contributed by atoms with Gasteiger partial charge in [-0.25, -0.2) is 9.59 Å². The highest BCUT2D eigenvalue weighted by molar-refractivity contribution is 5.82. The first-order chi connectivity index (χ1) is 18.0. The van der Waals surface area contributed by atoms with Gasteiger partial charge in [0.05, 0.1) is 17.4 Å². The molecule has 0 aliphatic heterocycles. The number of carboxylic acids is 1. The van der Waals surface area contributed by atoms with Gasteiger partial charge in [-0.1, -0.05) is 33.3 Å². The van der Waals surface area contributed by atoms with Gasteiger partial charge < -0.3 is 24.1 Å². The number of carbonyl (C=O) groups is 4. The van der Waals surface area contributed by atoms with Gasteiger partial charge in [0.1, 0.15) is 0 Å². The van der Waals surface area contributed by atoms with Crippen LogP contribution in [-0.2, 0) is 30.3 Å². The first-order valence-electron chi connectivity index (χ1n) is 13.5. The minimum absolute atomic E-state index is 0.0168. The minimum Gasteiger partial charge on any atom is -0.477 e. The van der Waals surface area contributed by atoms with Gasteiger partial charge in [-0.15, -0.1) is 0 Å². The summed E-state index contributed by atoms with van der Waals surface area (Å²) in [7, 11) is 0. The SMILES string of the molecule is CCCCOC(=O)O[C@](Cc1ccc(OC(=O)C(C)(C)CC)c(OC(=O)C(C)(C)CC)c1)(NC(C)C)C(=O)O. The van der Waals surface area contributed by atoms with Gasteiger partial charge in [0.25, 0.3) is 5.72 Å². The van der Waals surface area contributed by atoms with Gasteiger partial charge in [-0.2, -0.15) is 0 Å². The highest BCUT2D eigenvalue weighted by Crippen LogP contribution is 2.35. The van der Waals surface area contributed by atoms with E-state index < -0.39 is 40.6 Å². The maximum Gasteiger partial charge on any atom is 0.510 e. The largest absolute Gasteiger partial charge is 0.510 e. The van der Waals surface area contributed by atoms with Crippen molar-refractivity contribution in [3.63, 3.8) is 0 Å². The number of nitrogens with one attached hydrogen (secondary N) is 1. The number of esters is 2. The lowest BCUT2D eigenvalue weighted by Gasteiger charge is -2.32. The number of hydrogen-bond acceptors (Lipinski definition) is 9. The average Bonchev–Trinajstić information content (AvgIpc) is 2.84. The molecule has 0 aliphatic rings. The van der Waals surface area contributed by atoms with Crippen molar-refractivity contribution in [2.75, 3.05) is 6.61 Å². The molecule has 0 unspecified atom stereocenters. The second-order valence-electron chi connectivity index (χ2n) is 11.2.